The van der Waals surface area contributed by atoms with Gasteiger partial charge in [0.25, 0.3) is 5.91 Å². The van der Waals surface area contributed by atoms with Crippen LogP contribution in [0.5, 0.6) is 0 Å². The van der Waals surface area contributed by atoms with Gasteiger partial charge in [-0.3, -0.25) is 4.79 Å². The summed E-state index contributed by atoms with van der Waals surface area (Å²) in [6.07, 6.45) is 2.04. The van der Waals surface area contributed by atoms with Crippen molar-refractivity contribution in [2.45, 2.75) is 18.9 Å². The van der Waals surface area contributed by atoms with Crippen molar-refractivity contribution in [2.75, 3.05) is 0 Å². The first-order valence-electron chi connectivity index (χ1n) is 5.17. The molecule has 1 unspecified atom stereocenters. The quantitative estimate of drug-likeness (QED) is 0.873. The molecule has 0 saturated heterocycles. The summed E-state index contributed by atoms with van der Waals surface area (Å²) >= 11 is 5.79. The summed E-state index contributed by atoms with van der Waals surface area (Å²) in [4.78, 5) is 11.8. The van der Waals surface area contributed by atoms with E-state index in [1.54, 1.807) is 24.3 Å². The number of nitrogens with zero attached hydrogens (tertiary/aromatic N) is 1. The van der Waals surface area contributed by atoms with Gasteiger partial charge in [-0.15, -0.1) is 0 Å². The zero-order chi connectivity index (χ0) is 11.5. The maximum atomic E-state index is 11.8. The van der Waals surface area contributed by atoms with E-state index in [2.05, 4.69) is 11.4 Å². The average Bonchev–Trinajstić information content (AvgIpc) is 3.09. The maximum absolute atomic E-state index is 11.8. The van der Waals surface area contributed by atoms with Crippen LogP contribution in [-0.4, -0.2) is 11.9 Å². The molecule has 1 fully saturated rings. The number of hydrogen-bond acceptors (Lipinski definition) is 2. The SMILES string of the molecule is N#CC(NC(=O)c1cccc(Cl)c1)C1CC1. The lowest BCUT2D eigenvalue weighted by Crippen LogP contribution is -2.35. The molecule has 1 aromatic carbocycles. The molecule has 1 saturated carbocycles. The molecule has 4 heteroatoms. The van der Waals surface area contributed by atoms with Crippen LogP contribution in [-0.2, 0) is 0 Å². The molecule has 0 radical (unpaired) electrons. The Hall–Kier alpha value is -1.53. The zero-order valence-corrected chi connectivity index (χ0v) is 9.37. The highest BCUT2D eigenvalue weighted by atomic mass is 35.5. The first-order chi connectivity index (χ1) is 7.70. The summed E-state index contributed by atoms with van der Waals surface area (Å²) < 4.78 is 0. The summed E-state index contributed by atoms with van der Waals surface area (Å²) in [5.74, 6) is 0.0917. The Bertz CT molecular complexity index is 449. The average molecular weight is 235 g/mol. The number of nitriles is 1. The second-order valence-electron chi connectivity index (χ2n) is 3.93. The Morgan fingerprint density at radius 2 is 2.31 bits per heavy atom. The lowest BCUT2D eigenvalue weighted by molar-refractivity contribution is 0.0942. The molecule has 1 amide bonds. The smallest absolute Gasteiger partial charge is 0.252 e. The van der Waals surface area contributed by atoms with Crippen LogP contribution in [0.25, 0.3) is 0 Å². The van der Waals surface area contributed by atoms with Crippen molar-refractivity contribution in [3.63, 3.8) is 0 Å². The van der Waals surface area contributed by atoms with E-state index in [0.717, 1.165) is 12.8 Å². The van der Waals surface area contributed by atoms with E-state index in [1.807, 2.05) is 0 Å². The third kappa shape index (κ3) is 2.53. The predicted octanol–water partition coefficient (Wildman–Crippen LogP) is 2.37. The Labute approximate surface area is 99.0 Å². The molecule has 3 nitrogen and oxygen atoms in total. The molecule has 0 aliphatic heterocycles. The highest BCUT2D eigenvalue weighted by molar-refractivity contribution is 6.30. The van der Waals surface area contributed by atoms with Crippen LogP contribution in [0.3, 0.4) is 0 Å². The maximum Gasteiger partial charge on any atom is 0.252 e. The van der Waals surface area contributed by atoms with Gasteiger partial charge >= 0.3 is 0 Å². The van der Waals surface area contributed by atoms with Gasteiger partial charge in [0.1, 0.15) is 6.04 Å². The molecule has 1 atom stereocenters. The van der Waals surface area contributed by atoms with Gasteiger partial charge in [0.2, 0.25) is 0 Å². The molecule has 1 N–H and O–H groups in total. The topological polar surface area (TPSA) is 52.9 Å². The monoisotopic (exact) mass is 234 g/mol. The molecule has 82 valence electrons. The van der Waals surface area contributed by atoms with Crippen LogP contribution in [0.15, 0.2) is 24.3 Å². The van der Waals surface area contributed by atoms with E-state index in [-0.39, 0.29) is 11.9 Å². The van der Waals surface area contributed by atoms with E-state index in [0.29, 0.717) is 16.5 Å². The third-order valence-corrected chi connectivity index (χ3v) is 2.84. The van der Waals surface area contributed by atoms with E-state index >= 15 is 0 Å². The second-order valence-corrected chi connectivity index (χ2v) is 4.36. The van der Waals surface area contributed by atoms with Crippen molar-refractivity contribution < 1.29 is 4.79 Å². The second kappa shape index (κ2) is 4.54. The molecular formula is C12H11ClN2O. The van der Waals surface area contributed by atoms with Crippen LogP contribution >= 0.6 is 11.6 Å². The number of rotatable bonds is 3. The van der Waals surface area contributed by atoms with Crippen LogP contribution in [0.4, 0.5) is 0 Å². The Morgan fingerprint density at radius 1 is 1.56 bits per heavy atom. The highest BCUT2D eigenvalue weighted by Gasteiger charge is 2.32. The number of carbonyl (C=O) groups is 1. The predicted molar refractivity (Wildman–Crippen MR) is 61.0 cm³/mol. The van der Waals surface area contributed by atoms with Gasteiger partial charge in [-0.05, 0) is 37.0 Å². The van der Waals surface area contributed by atoms with Crippen LogP contribution in [0, 0.1) is 17.2 Å². The highest BCUT2D eigenvalue weighted by Crippen LogP contribution is 2.32. The summed E-state index contributed by atoms with van der Waals surface area (Å²) in [6.45, 7) is 0. The van der Waals surface area contributed by atoms with Gasteiger partial charge in [-0.25, -0.2) is 0 Å². The lowest BCUT2D eigenvalue weighted by Gasteiger charge is -2.10. The molecule has 1 aliphatic carbocycles. The number of hydrogen-bond donors (Lipinski definition) is 1. The summed E-state index contributed by atoms with van der Waals surface area (Å²) in [7, 11) is 0. The van der Waals surface area contributed by atoms with Crippen molar-refractivity contribution in [3.05, 3.63) is 34.9 Å². The molecule has 0 aromatic heterocycles. The van der Waals surface area contributed by atoms with Crippen molar-refractivity contribution in [2.24, 2.45) is 5.92 Å². The molecule has 2 rings (SSSR count). The summed E-state index contributed by atoms with van der Waals surface area (Å²) in [5, 5.41) is 12.1. The van der Waals surface area contributed by atoms with Crippen molar-refractivity contribution in [3.8, 4) is 6.07 Å². The van der Waals surface area contributed by atoms with Crippen molar-refractivity contribution >= 4 is 17.5 Å². The number of halogens is 1. The van der Waals surface area contributed by atoms with Crippen LogP contribution in [0.2, 0.25) is 5.02 Å². The van der Waals surface area contributed by atoms with E-state index < -0.39 is 0 Å². The first kappa shape index (κ1) is 11.0. The van der Waals surface area contributed by atoms with E-state index in [4.69, 9.17) is 16.9 Å². The molecule has 0 heterocycles. The number of benzene rings is 1. The van der Waals surface area contributed by atoms with Crippen molar-refractivity contribution in [1.29, 1.82) is 5.26 Å². The van der Waals surface area contributed by atoms with E-state index in [9.17, 15) is 4.79 Å². The van der Waals surface area contributed by atoms with Crippen LogP contribution < -0.4 is 5.32 Å². The molecular weight excluding hydrogens is 224 g/mol. The fourth-order valence-corrected chi connectivity index (χ4v) is 1.73. The Morgan fingerprint density at radius 3 is 2.88 bits per heavy atom. The van der Waals surface area contributed by atoms with Gasteiger partial charge in [-0.2, -0.15) is 5.26 Å². The van der Waals surface area contributed by atoms with Crippen LogP contribution in [0.1, 0.15) is 23.2 Å². The number of amides is 1. The van der Waals surface area contributed by atoms with Crippen molar-refractivity contribution in [1.82, 2.24) is 5.32 Å². The largest absolute Gasteiger partial charge is 0.336 e. The number of nitrogens with one attached hydrogen (secondary N) is 1. The number of carbonyl (C=O) groups excluding carboxylic acids is 1. The Balaban J connectivity index is 2.05. The fourth-order valence-electron chi connectivity index (χ4n) is 1.54. The first-order valence-corrected chi connectivity index (χ1v) is 5.54. The zero-order valence-electron chi connectivity index (χ0n) is 8.61. The van der Waals surface area contributed by atoms with Gasteiger partial charge in [0.15, 0.2) is 0 Å². The minimum absolute atomic E-state index is 0.235. The van der Waals surface area contributed by atoms with Gasteiger partial charge < -0.3 is 5.32 Å². The molecule has 1 aliphatic rings. The minimum Gasteiger partial charge on any atom is -0.336 e. The van der Waals surface area contributed by atoms with Gasteiger partial charge in [0.05, 0.1) is 6.07 Å². The standard InChI is InChI=1S/C12H11ClN2O/c13-10-3-1-2-9(6-10)12(16)15-11(7-14)8-4-5-8/h1-3,6,8,11H,4-5H2,(H,15,16). The fraction of sp³-hybridized carbons (Fsp3) is 0.333. The molecule has 1 aromatic rings. The molecule has 0 spiro atoms. The minimum atomic E-state index is -0.369. The van der Waals surface area contributed by atoms with Gasteiger partial charge in [0, 0.05) is 10.6 Å². The summed E-state index contributed by atoms with van der Waals surface area (Å²) in [5.41, 5.74) is 0.494. The van der Waals surface area contributed by atoms with E-state index in [1.165, 1.54) is 0 Å². The normalized spacial score (nSPS) is 16.2. The lowest BCUT2D eigenvalue weighted by atomic mass is 10.1. The van der Waals surface area contributed by atoms with Gasteiger partial charge in [-0.1, -0.05) is 17.7 Å². The molecule has 16 heavy (non-hydrogen) atoms. The summed E-state index contributed by atoms with van der Waals surface area (Å²) in [6, 6.07) is 8.45. The third-order valence-electron chi connectivity index (χ3n) is 2.61. The Kier molecular flexibility index (Phi) is 3.12. The molecule has 0 bridgehead atoms.